The first kappa shape index (κ1) is 15.0. The molecular formula is C17H20N2O2. The summed E-state index contributed by atoms with van der Waals surface area (Å²) in [6.45, 7) is 5.86. The van der Waals surface area contributed by atoms with E-state index in [4.69, 9.17) is 4.74 Å². The zero-order valence-corrected chi connectivity index (χ0v) is 12.9. The van der Waals surface area contributed by atoms with E-state index in [0.29, 0.717) is 6.42 Å². The number of nitrogens with zero attached hydrogens (tertiary/aromatic N) is 1. The first-order valence-electron chi connectivity index (χ1n) is 6.86. The second kappa shape index (κ2) is 6.39. The highest BCUT2D eigenvalue weighted by Gasteiger charge is 2.10. The fourth-order valence-corrected chi connectivity index (χ4v) is 2.26. The normalized spacial score (nSPS) is 10.3. The van der Waals surface area contributed by atoms with Crippen LogP contribution in [0.25, 0.3) is 0 Å². The molecule has 1 N–H and O–H groups in total. The molecule has 4 heteroatoms. The van der Waals surface area contributed by atoms with E-state index in [1.807, 2.05) is 39.0 Å². The van der Waals surface area contributed by atoms with Crippen molar-refractivity contribution in [2.45, 2.75) is 27.2 Å². The number of methoxy groups -OCH3 is 1. The van der Waals surface area contributed by atoms with Crippen LogP contribution < -0.4 is 10.1 Å². The number of hydrogen-bond acceptors (Lipinski definition) is 3. The van der Waals surface area contributed by atoms with Crippen LogP contribution in [0.2, 0.25) is 0 Å². The molecule has 110 valence electrons. The Morgan fingerprint density at radius 3 is 2.62 bits per heavy atom. The number of nitrogens with one attached hydrogen (secondary N) is 1. The van der Waals surface area contributed by atoms with Gasteiger partial charge < -0.3 is 10.1 Å². The Kier molecular flexibility index (Phi) is 4.58. The van der Waals surface area contributed by atoms with Gasteiger partial charge in [0.25, 0.3) is 0 Å². The molecule has 0 bridgehead atoms. The number of hydrogen-bond donors (Lipinski definition) is 1. The second-order valence-electron chi connectivity index (χ2n) is 5.16. The Morgan fingerprint density at radius 1 is 1.19 bits per heavy atom. The van der Waals surface area contributed by atoms with Gasteiger partial charge in [-0.2, -0.15) is 0 Å². The summed E-state index contributed by atoms with van der Waals surface area (Å²) in [5.41, 5.74) is 4.75. The molecule has 1 aromatic heterocycles. The van der Waals surface area contributed by atoms with Gasteiger partial charge in [-0.05, 0) is 55.7 Å². The lowest BCUT2D eigenvalue weighted by molar-refractivity contribution is -0.115. The Labute approximate surface area is 125 Å². The summed E-state index contributed by atoms with van der Waals surface area (Å²) in [5, 5.41) is 2.90. The van der Waals surface area contributed by atoms with Gasteiger partial charge in [0, 0.05) is 17.6 Å². The van der Waals surface area contributed by atoms with Gasteiger partial charge in [0.1, 0.15) is 5.75 Å². The molecule has 0 unspecified atom stereocenters. The molecule has 0 radical (unpaired) electrons. The Hall–Kier alpha value is -2.36. The van der Waals surface area contributed by atoms with Crippen molar-refractivity contribution in [1.29, 1.82) is 0 Å². The minimum atomic E-state index is -0.0340. The highest BCUT2D eigenvalue weighted by atomic mass is 16.5. The van der Waals surface area contributed by atoms with Crippen LogP contribution in [0.15, 0.2) is 30.5 Å². The van der Waals surface area contributed by atoms with E-state index in [9.17, 15) is 4.79 Å². The molecule has 1 aromatic carbocycles. The van der Waals surface area contributed by atoms with E-state index in [-0.39, 0.29) is 5.91 Å². The van der Waals surface area contributed by atoms with E-state index in [2.05, 4.69) is 10.3 Å². The van der Waals surface area contributed by atoms with Crippen LogP contribution in [0.4, 0.5) is 5.69 Å². The molecule has 1 amide bonds. The topological polar surface area (TPSA) is 51.2 Å². The average molecular weight is 284 g/mol. The van der Waals surface area contributed by atoms with Crippen molar-refractivity contribution in [1.82, 2.24) is 4.98 Å². The summed E-state index contributed by atoms with van der Waals surface area (Å²) in [4.78, 5) is 16.3. The summed E-state index contributed by atoms with van der Waals surface area (Å²) in [7, 11) is 1.65. The van der Waals surface area contributed by atoms with Crippen LogP contribution in [0.3, 0.4) is 0 Å². The van der Waals surface area contributed by atoms with Crippen LogP contribution in [0, 0.1) is 20.8 Å². The third kappa shape index (κ3) is 3.81. The third-order valence-corrected chi connectivity index (χ3v) is 3.38. The van der Waals surface area contributed by atoms with Gasteiger partial charge in [-0.25, -0.2) is 0 Å². The van der Waals surface area contributed by atoms with E-state index < -0.39 is 0 Å². The van der Waals surface area contributed by atoms with Gasteiger partial charge in [0.2, 0.25) is 5.91 Å². The van der Waals surface area contributed by atoms with Crippen LogP contribution in [-0.2, 0) is 11.2 Å². The van der Waals surface area contributed by atoms with Gasteiger partial charge in [-0.15, -0.1) is 0 Å². The molecule has 0 spiro atoms. The SMILES string of the molecule is COc1cc(C)c(CC(=O)Nc2ccnc(C)c2)cc1C. The van der Waals surface area contributed by atoms with Crippen LogP contribution >= 0.6 is 0 Å². The molecule has 0 saturated carbocycles. The summed E-state index contributed by atoms with van der Waals surface area (Å²) in [6.07, 6.45) is 2.03. The first-order valence-corrected chi connectivity index (χ1v) is 6.86. The van der Waals surface area contributed by atoms with Crippen LogP contribution in [0.5, 0.6) is 5.75 Å². The highest BCUT2D eigenvalue weighted by molar-refractivity contribution is 5.92. The predicted molar refractivity (Wildman–Crippen MR) is 83.8 cm³/mol. The molecule has 0 aliphatic rings. The van der Waals surface area contributed by atoms with Crippen molar-refractivity contribution in [2.75, 3.05) is 12.4 Å². The van der Waals surface area contributed by atoms with Gasteiger partial charge in [-0.3, -0.25) is 9.78 Å². The minimum Gasteiger partial charge on any atom is -0.496 e. The highest BCUT2D eigenvalue weighted by Crippen LogP contribution is 2.23. The molecule has 2 aromatic rings. The van der Waals surface area contributed by atoms with Crippen molar-refractivity contribution in [2.24, 2.45) is 0 Å². The van der Waals surface area contributed by atoms with Gasteiger partial charge in [-0.1, -0.05) is 6.07 Å². The van der Waals surface area contributed by atoms with Crippen molar-refractivity contribution in [3.63, 3.8) is 0 Å². The smallest absolute Gasteiger partial charge is 0.228 e. The van der Waals surface area contributed by atoms with Crippen molar-refractivity contribution in [3.05, 3.63) is 52.8 Å². The minimum absolute atomic E-state index is 0.0340. The lowest BCUT2D eigenvalue weighted by Crippen LogP contribution is -2.15. The largest absolute Gasteiger partial charge is 0.496 e. The number of rotatable bonds is 4. The third-order valence-electron chi connectivity index (χ3n) is 3.38. The number of carbonyl (C=O) groups is 1. The lowest BCUT2D eigenvalue weighted by Gasteiger charge is -2.11. The molecular weight excluding hydrogens is 264 g/mol. The van der Waals surface area contributed by atoms with Crippen LogP contribution in [-0.4, -0.2) is 18.0 Å². The fourth-order valence-electron chi connectivity index (χ4n) is 2.26. The molecule has 0 saturated heterocycles. The number of aromatic nitrogens is 1. The second-order valence-corrected chi connectivity index (χ2v) is 5.16. The van der Waals surface area contributed by atoms with Crippen molar-refractivity contribution in [3.8, 4) is 5.75 Å². The van der Waals surface area contributed by atoms with E-state index >= 15 is 0 Å². The molecule has 0 fully saturated rings. The molecule has 2 rings (SSSR count). The predicted octanol–water partition coefficient (Wildman–Crippen LogP) is 3.20. The lowest BCUT2D eigenvalue weighted by atomic mass is 10.0. The maximum absolute atomic E-state index is 12.1. The van der Waals surface area contributed by atoms with Gasteiger partial charge in [0.05, 0.1) is 13.5 Å². The van der Waals surface area contributed by atoms with Gasteiger partial charge >= 0.3 is 0 Å². The Bertz CT molecular complexity index is 666. The molecule has 21 heavy (non-hydrogen) atoms. The first-order chi connectivity index (χ1) is 9.99. The summed E-state index contributed by atoms with van der Waals surface area (Å²) >= 11 is 0. The van der Waals surface area contributed by atoms with Gasteiger partial charge in [0.15, 0.2) is 0 Å². The van der Waals surface area contributed by atoms with E-state index in [1.54, 1.807) is 19.4 Å². The fraction of sp³-hybridized carbons (Fsp3) is 0.294. The quantitative estimate of drug-likeness (QED) is 0.938. The number of anilines is 1. The number of aryl methyl sites for hydroxylation is 3. The molecule has 4 nitrogen and oxygen atoms in total. The Morgan fingerprint density at radius 2 is 1.95 bits per heavy atom. The van der Waals surface area contributed by atoms with E-state index in [0.717, 1.165) is 33.8 Å². The number of amides is 1. The Balaban J connectivity index is 2.11. The number of carbonyl (C=O) groups excluding carboxylic acids is 1. The molecule has 0 aliphatic carbocycles. The summed E-state index contributed by atoms with van der Waals surface area (Å²) in [5.74, 6) is 0.815. The number of ether oxygens (including phenoxy) is 1. The summed E-state index contributed by atoms with van der Waals surface area (Å²) < 4.78 is 5.29. The number of benzene rings is 1. The molecule has 1 heterocycles. The monoisotopic (exact) mass is 284 g/mol. The summed E-state index contributed by atoms with van der Waals surface area (Å²) in [6, 6.07) is 7.61. The van der Waals surface area contributed by atoms with E-state index in [1.165, 1.54) is 0 Å². The molecule has 0 aliphatic heterocycles. The van der Waals surface area contributed by atoms with Crippen molar-refractivity contribution >= 4 is 11.6 Å². The van der Waals surface area contributed by atoms with Crippen molar-refractivity contribution < 1.29 is 9.53 Å². The van der Waals surface area contributed by atoms with Crippen LogP contribution in [0.1, 0.15) is 22.4 Å². The standard InChI is InChI=1S/C17H20N2O2/c1-11-8-16(21-4)12(2)7-14(11)10-17(20)19-15-5-6-18-13(3)9-15/h5-9H,10H2,1-4H3,(H,18,19,20). The maximum atomic E-state index is 12.1. The zero-order valence-electron chi connectivity index (χ0n) is 12.9. The number of pyridine rings is 1. The molecule has 0 atom stereocenters. The zero-order chi connectivity index (χ0) is 15.4. The maximum Gasteiger partial charge on any atom is 0.228 e. The average Bonchev–Trinajstić information content (AvgIpc) is 2.42.